The van der Waals surface area contributed by atoms with Crippen molar-refractivity contribution >= 4 is 23.5 Å². The zero-order valence-corrected chi connectivity index (χ0v) is 24.8. The molecule has 9 heteroatoms. The lowest BCUT2D eigenvalue weighted by molar-refractivity contribution is -0.00443. The van der Waals surface area contributed by atoms with Gasteiger partial charge in [0.25, 0.3) is 0 Å². The summed E-state index contributed by atoms with van der Waals surface area (Å²) in [7, 11) is 1.49. The third-order valence-corrected chi connectivity index (χ3v) is 7.36. The molecule has 220 valence electrons. The smallest absolute Gasteiger partial charge is 0.407 e. The van der Waals surface area contributed by atoms with Gasteiger partial charge in [-0.25, -0.2) is 14.6 Å². The van der Waals surface area contributed by atoms with Gasteiger partial charge in [-0.05, 0) is 6.42 Å². The molecule has 0 fully saturated rings. The van der Waals surface area contributed by atoms with Crippen LogP contribution >= 0.6 is 11.3 Å². The lowest BCUT2D eigenvalue weighted by Crippen LogP contribution is -2.34. The van der Waals surface area contributed by atoms with Crippen LogP contribution in [0.3, 0.4) is 0 Å². The van der Waals surface area contributed by atoms with Crippen LogP contribution in [0.1, 0.15) is 115 Å². The molecule has 38 heavy (non-hydrogen) atoms. The Labute approximate surface area is 235 Å². The first kappa shape index (κ1) is 34.2. The van der Waals surface area contributed by atoms with Crippen molar-refractivity contribution < 1.29 is 23.8 Å². The van der Waals surface area contributed by atoms with E-state index in [4.69, 9.17) is 14.2 Å². The van der Waals surface area contributed by atoms with Gasteiger partial charge in [0.05, 0.1) is 5.01 Å². The van der Waals surface area contributed by atoms with Crippen molar-refractivity contribution in [3.8, 4) is 0 Å². The highest BCUT2D eigenvalue weighted by Crippen LogP contribution is 2.13. The molecule has 1 heterocycles. The zero-order valence-electron chi connectivity index (χ0n) is 24.0. The Balaban J connectivity index is 1.86. The second-order valence-electron chi connectivity index (χ2n) is 9.89. The van der Waals surface area contributed by atoms with Crippen LogP contribution in [-0.4, -0.2) is 56.7 Å². The molecule has 0 bridgehead atoms. The molecule has 0 radical (unpaired) electrons. The average molecular weight is 556 g/mol. The van der Waals surface area contributed by atoms with Crippen LogP contribution in [0.5, 0.6) is 0 Å². The van der Waals surface area contributed by atoms with Gasteiger partial charge in [0.15, 0.2) is 0 Å². The standard InChI is InChI=1S/C29H53N3O5S/c1-3-4-5-6-7-8-9-10-11-12-13-14-15-16-17-18-20-31-28(33)36-24-26(35-2)25-37-29(34)32-21-19-27-30-22-23-38-27/h22-23,26H,3-21,24-25H2,1-2H3,(H,31,33)(H,32,34). The predicted molar refractivity (Wildman–Crippen MR) is 155 cm³/mol. The number of hydrogen-bond acceptors (Lipinski definition) is 7. The van der Waals surface area contributed by atoms with E-state index in [1.54, 1.807) is 17.5 Å². The van der Waals surface area contributed by atoms with E-state index >= 15 is 0 Å². The molecule has 2 N–H and O–H groups in total. The Hall–Kier alpha value is -1.87. The summed E-state index contributed by atoms with van der Waals surface area (Å²) >= 11 is 1.54. The lowest BCUT2D eigenvalue weighted by atomic mass is 10.0. The summed E-state index contributed by atoms with van der Waals surface area (Å²) in [5.41, 5.74) is 0. The van der Waals surface area contributed by atoms with E-state index in [0.29, 0.717) is 19.5 Å². The summed E-state index contributed by atoms with van der Waals surface area (Å²) in [6, 6.07) is 0. The summed E-state index contributed by atoms with van der Waals surface area (Å²) in [5, 5.41) is 8.30. The normalized spacial score (nSPS) is 11.7. The van der Waals surface area contributed by atoms with E-state index in [1.807, 2.05) is 5.38 Å². The SMILES string of the molecule is CCCCCCCCCCCCCCCCCCNC(=O)OCC(COC(=O)NCCc1nccs1)OC. The van der Waals surface area contributed by atoms with E-state index in [2.05, 4.69) is 22.5 Å². The van der Waals surface area contributed by atoms with Crippen molar-refractivity contribution in [2.45, 2.75) is 122 Å². The first-order chi connectivity index (χ1) is 18.7. The van der Waals surface area contributed by atoms with E-state index in [0.717, 1.165) is 17.8 Å². The van der Waals surface area contributed by atoms with Gasteiger partial charge in [-0.15, -0.1) is 11.3 Å². The van der Waals surface area contributed by atoms with E-state index in [-0.39, 0.29) is 13.2 Å². The average Bonchev–Trinajstić information content (AvgIpc) is 3.44. The molecule has 1 atom stereocenters. The van der Waals surface area contributed by atoms with Crippen LogP contribution in [0.2, 0.25) is 0 Å². The molecule has 0 aromatic carbocycles. The number of unbranched alkanes of at least 4 members (excludes halogenated alkanes) is 15. The molecule has 2 amide bonds. The highest BCUT2D eigenvalue weighted by atomic mass is 32.1. The topological polar surface area (TPSA) is 98.8 Å². The fourth-order valence-corrected chi connectivity index (χ4v) is 4.76. The van der Waals surface area contributed by atoms with Crippen LogP contribution in [0.25, 0.3) is 0 Å². The maximum atomic E-state index is 11.9. The predicted octanol–water partition coefficient (Wildman–Crippen LogP) is 7.41. The fraction of sp³-hybridized carbons (Fsp3) is 0.828. The molecular weight excluding hydrogens is 502 g/mol. The number of alkyl carbamates (subject to hydrolysis) is 2. The van der Waals surface area contributed by atoms with Crippen molar-refractivity contribution in [3.05, 3.63) is 16.6 Å². The minimum Gasteiger partial charge on any atom is -0.447 e. The van der Waals surface area contributed by atoms with Crippen molar-refractivity contribution in [2.75, 3.05) is 33.4 Å². The number of nitrogens with zero attached hydrogens (tertiary/aromatic N) is 1. The van der Waals surface area contributed by atoms with E-state index in [9.17, 15) is 9.59 Å². The molecular formula is C29H53N3O5S. The second kappa shape index (κ2) is 25.4. The van der Waals surface area contributed by atoms with Crippen LogP contribution in [0.4, 0.5) is 9.59 Å². The van der Waals surface area contributed by atoms with E-state index in [1.165, 1.54) is 97.0 Å². The van der Waals surface area contributed by atoms with Gasteiger partial charge in [0, 0.05) is 38.2 Å². The molecule has 1 aromatic rings. The van der Waals surface area contributed by atoms with Crippen molar-refractivity contribution in [1.82, 2.24) is 15.6 Å². The third-order valence-electron chi connectivity index (χ3n) is 6.53. The van der Waals surface area contributed by atoms with Gasteiger partial charge in [-0.1, -0.05) is 103 Å². The van der Waals surface area contributed by atoms with Crippen LogP contribution < -0.4 is 10.6 Å². The maximum Gasteiger partial charge on any atom is 0.407 e. The third kappa shape index (κ3) is 21.1. The highest BCUT2D eigenvalue weighted by Gasteiger charge is 2.14. The summed E-state index contributed by atoms with van der Waals surface area (Å²) in [4.78, 5) is 27.8. The highest BCUT2D eigenvalue weighted by molar-refractivity contribution is 7.09. The fourth-order valence-electron chi connectivity index (χ4n) is 4.14. The summed E-state index contributed by atoms with van der Waals surface area (Å²) in [5.74, 6) is 0. The van der Waals surface area contributed by atoms with Crippen molar-refractivity contribution in [3.63, 3.8) is 0 Å². The Morgan fingerprint density at radius 1 is 0.763 bits per heavy atom. The van der Waals surface area contributed by atoms with E-state index < -0.39 is 18.3 Å². The Kier molecular flexibility index (Phi) is 22.8. The monoisotopic (exact) mass is 555 g/mol. The molecule has 0 spiro atoms. The number of rotatable bonds is 25. The van der Waals surface area contributed by atoms with Gasteiger partial charge in [0.2, 0.25) is 0 Å². The minimum absolute atomic E-state index is 0.00594. The summed E-state index contributed by atoms with van der Waals surface area (Å²) in [6.45, 7) is 3.35. The number of carbonyl (C=O) groups is 2. The number of nitrogens with one attached hydrogen (secondary N) is 2. The molecule has 0 aliphatic rings. The molecule has 0 saturated heterocycles. The zero-order chi connectivity index (χ0) is 27.5. The maximum absolute atomic E-state index is 11.9. The van der Waals surface area contributed by atoms with Crippen molar-refractivity contribution in [1.29, 1.82) is 0 Å². The van der Waals surface area contributed by atoms with Gasteiger partial charge in [-0.2, -0.15) is 0 Å². The molecule has 1 aromatic heterocycles. The van der Waals surface area contributed by atoms with Crippen molar-refractivity contribution in [2.24, 2.45) is 0 Å². The lowest BCUT2D eigenvalue weighted by Gasteiger charge is -2.16. The molecule has 1 unspecified atom stereocenters. The van der Waals surface area contributed by atoms with Gasteiger partial charge in [-0.3, -0.25) is 0 Å². The van der Waals surface area contributed by atoms with Crippen LogP contribution in [0.15, 0.2) is 11.6 Å². The van der Waals surface area contributed by atoms with Gasteiger partial charge < -0.3 is 24.8 Å². The quantitative estimate of drug-likeness (QED) is 0.122. The first-order valence-electron chi connectivity index (χ1n) is 14.9. The van der Waals surface area contributed by atoms with Gasteiger partial charge >= 0.3 is 12.2 Å². The molecule has 0 aliphatic heterocycles. The number of carbonyl (C=O) groups excluding carboxylic acids is 2. The Morgan fingerprint density at radius 3 is 1.68 bits per heavy atom. The number of ether oxygens (including phenoxy) is 3. The second-order valence-corrected chi connectivity index (χ2v) is 10.9. The largest absolute Gasteiger partial charge is 0.447 e. The number of amides is 2. The number of methoxy groups -OCH3 is 1. The number of thiazole rings is 1. The molecule has 0 saturated carbocycles. The molecule has 1 rings (SSSR count). The number of aromatic nitrogens is 1. The minimum atomic E-state index is -0.531. The first-order valence-corrected chi connectivity index (χ1v) is 15.8. The molecule has 0 aliphatic carbocycles. The van der Waals surface area contributed by atoms with Crippen LogP contribution in [0, 0.1) is 0 Å². The summed E-state index contributed by atoms with van der Waals surface area (Å²) in [6.07, 6.45) is 22.1. The number of hydrogen-bond donors (Lipinski definition) is 2. The molecule has 8 nitrogen and oxygen atoms in total. The Morgan fingerprint density at radius 2 is 1.24 bits per heavy atom. The Bertz CT molecular complexity index is 675. The van der Waals surface area contributed by atoms with Crippen LogP contribution in [-0.2, 0) is 20.6 Å². The summed E-state index contributed by atoms with van der Waals surface area (Å²) < 4.78 is 15.6. The van der Waals surface area contributed by atoms with Gasteiger partial charge in [0.1, 0.15) is 19.3 Å².